The van der Waals surface area contributed by atoms with Gasteiger partial charge >= 0.3 is 5.97 Å². The average Bonchev–Trinajstić information content (AvgIpc) is 2.67. The zero-order valence-corrected chi connectivity index (χ0v) is 14.5. The highest BCUT2D eigenvalue weighted by molar-refractivity contribution is 6.11. The molecule has 2 aromatic rings. The van der Waals surface area contributed by atoms with Crippen LogP contribution >= 0.6 is 0 Å². The number of hydrogen-bond donors (Lipinski definition) is 1. The molecule has 6 nitrogen and oxygen atoms in total. The fourth-order valence-electron chi connectivity index (χ4n) is 2.28. The normalized spacial score (nSPS) is 11.6. The van der Waals surface area contributed by atoms with Crippen LogP contribution in [0.25, 0.3) is 6.08 Å². The van der Waals surface area contributed by atoms with Gasteiger partial charge in [0, 0.05) is 6.08 Å². The molecule has 0 fully saturated rings. The van der Waals surface area contributed by atoms with Crippen molar-refractivity contribution in [3.63, 3.8) is 0 Å². The van der Waals surface area contributed by atoms with Crippen LogP contribution in [0.5, 0.6) is 5.75 Å². The van der Waals surface area contributed by atoms with Crippen molar-refractivity contribution in [2.75, 3.05) is 14.2 Å². The van der Waals surface area contributed by atoms with Gasteiger partial charge in [0.05, 0.1) is 14.2 Å². The molecule has 0 saturated heterocycles. The average molecular weight is 353 g/mol. The summed E-state index contributed by atoms with van der Waals surface area (Å²) in [5.74, 6) is -2.62. The molecule has 1 unspecified atom stereocenters. The first-order valence-corrected chi connectivity index (χ1v) is 7.85. The van der Waals surface area contributed by atoms with Crippen molar-refractivity contribution in [3.05, 3.63) is 71.8 Å². The second kappa shape index (κ2) is 9.17. The van der Waals surface area contributed by atoms with Crippen molar-refractivity contribution in [3.8, 4) is 5.75 Å². The molecule has 6 heteroatoms. The molecule has 0 bridgehead atoms. The zero-order valence-electron chi connectivity index (χ0n) is 14.5. The summed E-state index contributed by atoms with van der Waals surface area (Å²) >= 11 is 0. The Hall–Kier alpha value is -3.41. The number of ether oxygens (including phenoxy) is 2. The Morgan fingerprint density at radius 1 is 0.962 bits per heavy atom. The first-order valence-electron chi connectivity index (χ1n) is 7.85. The van der Waals surface area contributed by atoms with Gasteiger partial charge in [0.1, 0.15) is 5.75 Å². The summed E-state index contributed by atoms with van der Waals surface area (Å²) in [5.41, 5.74) is 1.21. The molecule has 26 heavy (non-hydrogen) atoms. The van der Waals surface area contributed by atoms with Gasteiger partial charge in [-0.15, -0.1) is 0 Å². The maximum atomic E-state index is 12.4. The third kappa shape index (κ3) is 5.04. The van der Waals surface area contributed by atoms with Crippen molar-refractivity contribution >= 4 is 23.9 Å². The van der Waals surface area contributed by atoms with Gasteiger partial charge in [-0.25, -0.2) is 0 Å². The Labute approximate surface area is 151 Å². The molecular formula is C20H19NO5. The SMILES string of the molecule is COC(=O)C(C(=O)NC(=O)C=Cc1ccc(OC)cc1)c1ccccc1. The zero-order chi connectivity index (χ0) is 18.9. The van der Waals surface area contributed by atoms with Crippen LogP contribution in [0.3, 0.4) is 0 Å². The Morgan fingerprint density at radius 2 is 1.62 bits per heavy atom. The van der Waals surface area contributed by atoms with E-state index in [1.54, 1.807) is 67.8 Å². The minimum absolute atomic E-state index is 0.448. The van der Waals surface area contributed by atoms with Crippen molar-refractivity contribution in [1.29, 1.82) is 0 Å². The summed E-state index contributed by atoms with van der Waals surface area (Å²) in [5, 5.41) is 2.20. The van der Waals surface area contributed by atoms with Crippen LogP contribution < -0.4 is 10.1 Å². The summed E-state index contributed by atoms with van der Waals surface area (Å²) in [6.07, 6.45) is 2.77. The molecule has 0 radical (unpaired) electrons. The van der Waals surface area contributed by atoms with Crippen molar-refractivity contribution in [2.45, 2.75) is 5.92 Å². The van der Waals surface area contributed by atoms with E-state index < -0.39 is 23.7 Å². The highest BCUT2D eigenvalue weighted by Gasteiger charge is 2.30. The summed E-state index contributed by atoms with van der Waals surface area (Å²) in [4.78, 5) is 36.3. The van der Waals surface area contributed by atoms with Crippen LogP contribution in [-0.2, 0) is 19.1 Å². The van der Waals surface area contributed by atoms with Gasteiger partial charge in [0.2, 0.25) is 5.91 Å². The predicted molar refractivity (Wildman–Crippen MR) is 96.4 cm³/mol. The minimum atomic E-state index is -1.21. The lowest BCUT2D eigenvalue weighted by Gasteiger charge is -2.13. The van der Waals surface area contributed by atoms with Crippen LogP contribution in [0.4, 0.5) is 0 Å². The van der Waals surface area contributed by atoms with Crippen molar-refractivity contribution < 1.29 is 23.9 Å². The van der Waals surface area contributed by atoms with Gasteiger partial charge in [-0.1, -0.05) is 42.5 Å². The molecule has 0 aliphatic rings. The number of imide groups is 1. The van der Waals surface area contributed by atoms with E-state index in [-0.39, 0.29) is 0 Å². The van der Waals surface area contributed by atoms with Crippen LogP contribution in [0.15, 0.2) is 60.7 Å². The smallest absolute Gasteiger partial charge is 0.322 e. The standard InChI is InChI=1S/C20H19NO5/c1-25-16-11-8-14(9-12-16)10-13-17(22)21-19(23)18(20(24)26-2)15-6-4-3-5-7-15/h3-13,18H,1-2H3,(H,21,22,23). The molecule has 0 saturated carbocycles. The third-order valence-electron chi connectivity index (χ3n) is 3.62. The summed E-state index contributed by atoms with van der Waals surface area (Å²) in [6, 6.07) is 15.5. The quantitative estimate of drug-likeness (QED) is 0.490. The maximum absolute atomic E-state index is 12.4. The van der Waals surface area contributed by atoms with E-state index in [2.05, 4.69) is 10.1 Å². The molecule has 0 spiro atoms. The number of carbonyl (C=O) groups is 3. The van der Waals surface area contributed by atoms with Crippen LogP contribution in [-0.4, -0.2) is 32.0 Å². The number of rotatable bonds is 6. The molecule has 2 rings (SSSR count). The maximum Gasteiger partial charge on any atom is 0.322 e. The van der Waals surface area contributed by atoms with Crippen LogP contribution in [0, 0.1) is 0 Å². The number of amides is 2. The largest absolute Gasteiger partial charge is 0.497 e. The predicted octanol–water partition coefficient (Wildman–Crippen LogP) is 2.31. The van der Waals surface area contributed by atoms with Crippen LogP contribution in [0.1, 0.15) is 17.0 Å². The topological polar surface area (TPSA) is 81.7 Å². The number of esters is 1. The van der Waals surface area contributed by atoms with Crippen LogP contribution in [0.2, 0.25) is 0 Å². The number of nitrogens with one attached hydrogen (secondary N) is 1. The second-order valence-corrected chi connectivity index (χ2v) is 5.33. The van der Waals surface area contributed by atoms with Crippen molar-refractivity contribution in [2.24, 2.45) is 0 Å². The number of hydrogen-bond acceptors (Lipinski definition) is 5. The molecule has 0 heterocycles. The number of methoxy groups -OCH3 is 2. The minimum Gasteiger partial charge on any atom is -0.497 e. The van der Waals surface area contributed by atoms with Gasteiger partial charge in [0.25, 0.3) is 5.91 Å². The van der Waals surface area contributed by atoms with E-state index in [1.165, 1.54) is 13.2 Å². The van der Waals surface area contributed by atoms with Gasteiger partial charge in [-0.2, -0.15) is 0 Å². The summed E-state index contributed by atoms with van der Waals surface area (Å²) in [7, 11) is 2.76. The van der Waals surface area contributed by atoms with E-state index in [0.717, 1.165) is 5.56 Å². The Bertz CT molecular complexity index is 797. The van der Waals surface area contributed by atoms with Crippen molar-refractivity contribution in [1.82, 2.24) is 5.32 Å². The highest BCUT2D eigenvalue weighted by atomic mass is 16.5. The molecule has 2 amide bonds. The molecule has 1 atom stereocenters. The van der Waals surface area contributed by atoms with E-state index in [1.807, 2.05) is 0 Å². The molecule has 0 aliphatic carbocycles. The second-order valence-electron chi connectivity index (χ2n) is 5.33. The molecule has 1 N–H and O–H groups in total. The summed E-state index contributed by atoms with van der Waals surface area (Å²) in [6.45, 7) is 0. The lowest BCUT2D eigenvalue weighted by molar-refractivity contribution is -0.146. The molecule has 0 aromatic heterocycles. The van der Waals surface area contributed by atoms with E-state index >= 15 is 0 Å². The molecule has 134 valence electrons. The Morgan fingerprint density at radius 3 is 2.19 bits per heavy atom. The molecular weight excluding hydrogens is 334 g/mol. The Balaban J connectivity index is 2.06. The third-order valence-corrected chi connectivity index (χ3v) is 3.62. The number of carbonyl (C=O) groups excluding carboxylic acids is 3. The first-order chi connectivity index (χ1) is 12.5. The van der Waals surface area contributed by atoms with Gasteiger partial charge in [-0.05, 0) is 29.3 Å². The lowest BCUT2D eigenvalue weighted by atomic mass is 9.98. The molecule has 2 aromatic carbocycles. The fourth-order valence-corrected chi connectivity index (χ4v) is 2.28. The lowest BCUT2D eigenvalue weighted by Crippen LogP contribution is -2.37. The van der Waals surface area contributed by atoms with Gasteiger partial charge < -0.3 is 9.47 Å². The first kappa shape index (κ1) is 18.9. The summed E-state index contributed by atoms with van der Waals surface area (Å²) < 4.78 is 9.74. The number of benzene rings is 2. The van der Waals surface area contributed by atoms with Gasteiger partial charge in [-0.3, -0.25) is 19.7 Å². The van der Waals surface area contributed by atoms with E-state index in [9.17, 15) is 14.4 Å². The highest BCUT2D eigenvalue weighted by Crippen LogP contribution is 2.17. The Kier molecular flexibility index (Phi) is 6.68. The molecule has 0 aliphatic heterocycles. The van der Waals surface area contributed by atoms with Gasteiger partial charge in [0.15, 0.2) is 5.92 Å². The fraction of sp³-hybridized carbons (Fsp3) is 0.150. The van der Waals surface area contributed by atoms with E-state index in [4.69, 9.17) is 4.74 Å². The van der Waals surface area contributed by atoms with E-state index in [0.29, 0.717) is 11.3 Å². The monoisotopic (exact) mass is 353 g/mol.